The minimum absolute atomic E-state index is 0.119. The van der Waals surface area contributed by atoms with E-state index in [9.17, 15) is 8.78 Å². The molecule has 0 spiro atoms. The number of rotatable bonds is 5. The number of fused-ring (bicyclic) bond motifs is 1. The molecule has 178 valence electrons. The van der Waals surface area contributed by atoms with E-state index >= 15 is 0 Å². The minimum atomic E-state index is -0.631. The lowest BCUT2D eigenvalue weighted by Gasteiger charge is -2.34. The van der Waals surface area contributed by atoms with Gasteiger partial charge in [0.2, 0.25) is 0 Å². The third kappa shape index (κ3) is 4.79. The molecule has 0 unspecified atom stereocenters. The number of anilines is 3. The largest absolute Gasteiger partial charge is 0.369 e. The third-order valence-electron chi connectivity index (χ3n) is 6.43. The van der Waals surface area contributed by atoms with Gasteiger partial charge in [-0.25, -0.2) is 18.7 Å². The Bertz CT molecular complexity index is 1180. The van der Waals surface area contributed by atoms with Crippen molar-refractivity contribution in [2.24, 2.45) is 0 Å². The number of piperazine rings is 1. The minimum Gasteiger partial charge on any atom is -0.369 e. The van der Waals surface area contributed by atoms with Gasteiger partial charge in [0.15, 0.2) is 11.6 Å². The summed E-state index contributed by atoms with van der Waals surface area (Å²) in [5, 5.41) is 3.05. The summed E-state index contributed by atoms with van der Waals surface area (Å²) >= 11 is 6.07. The summed E-state index contributed by atoms with van der Waals surface area (Å²) in [6.45, 7) is 5.46. The van der Waals surface area contributed by atoms with E-state index in [1.54, 1.807) is 6.20 Å². The summed E-state index contributed by atoms with van der Waals surface area (Å²) in [5.74, 6) is 0.0950. The number of hydrogen-bond acceptors (Lipinski definition) is 6. The molecule has 34 heavy (non-hydrogen) atoms. The van der Waals surface area contributed by atoms with E-state index in [1.807, 2.05) is 4.90 Å². The molecule has 3 aromatic rings. The van der Waals surface area contributed by atoms with Crippen LogP contribution in [-0.4, -0.2) is 61.2 Å². The highest BCUT2D eigenvalue weighted by Gasteiger charge is 2.23. The van der Waals surface area contributed by atoms with Crippen molar-refractivity contribution >= 4 is 28.9 Å². The molecule has 0 radical (unpaired) electrons. The quantitative estimate of drug-likeness (QED) is 0.548. The van der Waals surface area contributed by atoms with Gasteiger partial charge >= 0.3 is 0 Å². The zero-order valence-electron chi connectivity index (χ0n) is 19.1. The molecule has 1 fully saturated rings. The summed E-state index contributed by atoms with van der Waals surface area (Å²) in [7, 11) is 2.15. The normalized spacial score (nSPS) is 16.4. The van der Waals surface area contributed by atoms with Crippen molar-refractivity contribution < 1.29 is 8.78 Å². The van der Waals surface area contributed by atoms with Crippen molar-refractivity contribution in [3.63, 3.8) is 0 Å². The number of aromatic nitrogens is 2. The van der Waals surface area contributed by atoms with E-state index in [4.69, 9.17) is 16.6 Å². The van der Waals surface area contributed by atoms with Gasteiger partial charge in [-0.1, -0.05) is 23.7 Å². The van der Waals surface area contributed by atoms with Crippen LogP contribution in [0.25, 0.3) is 0 Å². The van der Waals surface area contributed by atoms with Gasteiger partial charge in [-0.3, -0.25) is 0 Å². The average molecular weight is 485 g/mol. The first-order chi connectivity index (χ1) is 16.5. The van der Waals surface area contributed by atoms with Crippen LogP contribution in [0.2, 0.25) is 5.02 Å². The third-order valence-corrected chi connectivity index (χ3v) is 6.84. The molecule has 1 aromatic heterocycles. The molecule has 2 aliphatic heterocycles. The number of benzene rings is 2. The molecule has 0 atom stereocenters. The molecule has 2 aliphatic rings. The molecular weight excluding hydrogens is 458 g/mol. The Hall–Kier alpha value is -2.97. The van der Waals surface area contributed by atoms with Crippen molar-refractivity contribution in [2.45, 2.75) is 13.0 Å². The van der Waals surface area contributed by atoms with Crippen molar-refractivity contribution in [1.82, 2.24) is 14.9 Å². The zero-order chi connectivity index (χ0) is 23.7. The lowest BCUT2D eigenvalue weighted by molar-refractivity contribution is 0.313. The highest BCUT2D eigenvalue weighted by molar-refractivity contribution is 6.31. The van der Waals surface area contributed by atoms with Crippen LogP contribution in [0.5, 0.6) is 0 Å². The zero-order valence-corrected chi connectivity index (χ0v) is 19.8. The summed E-state index contributed by atoms with van der Waals surface area (Å²) in [4.78, 5) is 16.0. The molecule has 0 amide bonds. The number of halogens is 3. The molecule has 3 heterocycles. The molecule has 6 nitrogen and oxygen atoms in total. The first kappa shape index (κ1) is 22.8. The van der Waals surface area contributed by atoms with Gasteiger partial charge in [0.05, 0.1) is 16.9 Å². The molecule has 1 N–H and O–H groups in total. The molecule has 2 aromatic carbocycles. The molecule has 5 rings (SSSR count). The molecule has 0 bridgehead atoms. The van der Waals surface area contributed by atoms with Gasteiger partial charge in [-0.2, -0.15) is 0 Å². The predicted octanol–water partition coefficient (Wildman–Crippen LogP) is 4.18. The first-order valence-electron chi connectivity index (χ1n) is 11.5. The summed E-state index contributed by atoms with van der Waals surface area (Å²) in [6.07, 6.45) is 2.40. The highest BCUT2D eigenvalue weighted by atomic mass is 35.5. The SMILES string of the molecule is CN1CCN(c2cccc(Cc3cnc4c(n3)N(Cc3c(F)ccc(F)c3Cl)CCN4)c2)CC1. The fraction of sp³-hybridized carbons (Fsp3) is 0.360. The van der Waals surface area contributed by atoms with Crippen LogP contribution < -0.4 is 15.1 Å². The van der Waals surface area contributed by atoms with E-state index in [-0.39, 0.29) is 17.1 Å². The van der Waals surface area contributed by atoms with E-state index in [1.165, 1.54) is 5.69 Å². The van der Waals surface area contributed by atoms with Crippen LogP contribution in [0.3, 0.4) is 0 Å². The van der Waals surface area contributed by atoms with Gasteiger partial charge in [0.25, 0.3) is 0 Å². The van der Waals surface area contributed by atoms with Crippen LogP contribution in [0.1, 0.15) is 16.8 Å². The molecule has 0 aliphatic carbocycles. The van der Waals surface area contributed by atoms with E-state index in [0.29, 0.717) is 31.1 Å². The van der Waals surface area contributed by atoms with Crippen LogP contribution in [-0.2, 0) is 13.0 Å². The van der Waals surface area contributed by atoms with Crippen LogP contribution >= 0.6 is 11.6 Å². The Morgan fingerprint density at radius 3 is 2.65 bits per heavy atom. The maximum absolute atomic E-state index is 14.4. The van der Waals surface area contributed by atoms with Crippen molar-refractivity contribution in [1.29, 1.82) is 0 Å². The Morgan fingerprint density at radius 2 is 1.82 bits per heavy atom. The summed E-state index contributed by atoms with van der Waals surface area (Å²) in [6, 6.07) is 10.7. The van der Waals surface area contributed by atoms with Crippen LogP contribution in [0, 0.1) is 11.6 Å². The highest BCUT2D eigenvalue weighted by Crippen LogP contribution is 2.30. The standard InChI is InChI=1S/C25H27ClF2N6/c1-32-9-11-33(12-10-32)19-4-2-3-17(14-19)13-18-15-30-24-25(31-18)34(8-7-29-24)16-20-21(27)5-6-22(28)23(20)26/h2-6,14-15H,7-13,16H2,1H3,(H,29,30). The topological polar surface area (TPSA) is 47.5 Å². The predicted molar refractivity (Wildman–Crippen MR) is 132 cm³/mol. The lowest BCUT2D eigenvalue weighted by Crippen LogP contribution is -2.44. The van der Waals surface area contributed by atoms with Gasteiger partial charge in [-0.05, 0) is 36.9 Å². The van der Waals surface area contributed by atoms with E-state index in [2.05, 4.69) is 51.4 Å². The van der Waals surface area contributed by atoms with Crippen molar-refractivity contribution in [2.75, 3.05) is 61.4 Å². The fourth-order valence-corrected chi connectivity index (χ4v) is 4.67. The second-order valence-corrected chi connectivity index (χ2v) is 9.22. The Balaban J connectivity index is 1.37. The second kappa shape index (κ2) is 9.72. The van der Waals surface area contributed by atoms with Crippen molar-refractivity contribution in [3.05, 3.63) is 76.1 Å². The number of nitrogens with one attached hydrogen (secondary N) is 1. The molecular formula is C25H27ClF2N6. The van der Waals surface area contributed by atoms with Gasteiger partial charge in [0, 0.05) is 63.5 Å². The smallest absolute Gasteiger partial charge is 0.172 e. The fourth-order valence-electron chi connectivity index (χ4n) is 4.46. The Labute approximate surface area is 203 Å². The summed E-state index contributed by atoms with van der Waals surface area (Å²) < 4.78 is 28.3. The first-order valence-corrected chi connectivity index (χ1v) is 11.9. The van der Waals surface area contributed by atoms with E-state index < -0.39 is 11.6 Å². The number of nitrogens with zero attached hydrogens (tertiary/aromatic N) is 5. The monoisotopic (exact) mass is 484 g/mol. The molecule has 1 saturated heterocycles. The number of likely N-dealkylation sites (N-methyl/N-ethyl adjacent to an activating group) is 1. The Kier molecular flexibility index (Phi) is 6.52. The number of hydrogen-bond donors (Lipinski definition) is 1. The molecule has 9 heteroatoms. The maximum Gasteiger partial charge on any atom is 0.172 e. The lowest BCUT2D eigenvalue weighted by atomic mass is 10.1. The Morgan fingerprint density at radius 1 is 1.03 bits per heavy atom. The average Bonchev–Trinajstić information content (AvgIpc) is 2.85. The van der Waals surface area contributed by atoms with E-state index in [0.717, 1.165) is 49.6 Å². The van der Waals surface area contributed by atoms with Gasteiger partial charge in [-0.15, -0.1) is 0 Å². The van der Waals surface area contributed by atoms with Gasteiger partial charge < -0.3 is 20.0 Å². The molecule has 0 saturated carbocycles. The van der Waals surface area contributed by atoms with Crippen LogP contribution in [0.15, 0.2) is 42.6 Å². The summed E-state index contributed by atoms with van der Waals surface area (Å²) in [5.41, 5.74) is 3.31. The van der Waals surface area contributed by atoms with Gasteiger partial charge in [0.1, 0.15) is 11.6 Å². The second-order valence-electron chi connectivity index (χ2n) is 8.84. The van der Waals surface area contributed by atoms with Crippen molar-refractivity contribution in [3.8, 4) is 0 Å². The maximum atomic E-state index is 14.4. The van der Waals surface area contributed by atoms with Crippen LogP contribution in [0.4, 0.5) is 26.1 Å².